The van der Waals surface area contributed by atoms with Gasteiger partial charge in [-0.1, -0.05) is 133 Å². The van der Waals surface area contributed by atoms with E-state index in [0.717, 1.165) is 88.7 Å². The Morgan fingerprint density at radius 2 is 0.581 bits per heavy atom. The fraction of sp³-hybridized carbons (Fsp3) is 0. The largest absolute Gasteiger partial charge is 0.309 e. The Morgan fingerprint density at radius 1 is 0.230 bits per heavy atom. The molecule has 6 aromatic heterocycles. The predicted molar refractivity (Wildman–Crippen MR) is 296 cm³/mol. The van der Waals surface area contributed by atoms with Gasteiger partial charge in [0.05, 0.1) is 22.1 Å². The van der Waals surface area contributed by atoms with Gasteiger partial charge in [-0.15, -0.1) is 0 Å². The zero-order chi connectivity index (χ0) is 49.0. The molecule has 10 nitrogen and oxygen atoms in total. The molecule has 0 spiro atoms. The van der Waals surface area contributed by atoms with Gasteiger partial charge >= 0.3 is 0 Å². The zero-order valence-electron chi connectivity index (χ0n) is 39.6. The second-order valence-electron chi connectivity index (χ2n) is 18.1. The Labute approximate surface area is 424 Å². The average Bonchev–Trinajstić information content (AvgIpc) is 4.02. The van der Waals surface area contributed by atoms with E-state index in [2.05, 4.69) is 153 Å². The molecule has 14 aromatic rings. The molecule has 0 unspecified atom stereocenters. The molecule has 74 heavy (non-hydrogen) atoms. The minimum Gasteiger partial charge on any atom is -0.309 e. The Hall–Kier alpha value is -10.3. The number of rotatable bonds is 9. The third-order valence-electron chi connectivity index (χ3n) is 13.6. The van der Waals surface area contributed by atoms with Crippen LogP contribution in [0, 0.1) is 0 Å². The molecule has 0 N–H and O–H groups in total. The van der Waals surface area contributed by atoms with E-state index in [1.807, 2.05) is 84.9 Å². The van der Waals surface area contributed by atoms with Gasteiger partial charge < -0.3 is 9.13 Å². The van der Waals surface area contributed by atoms with E-state index in [-0.39, 0.29) is 0 Å². The van der Waals surface area contributed by atoms with Crippen molar-refractivity contribution in [2.24, 2.45) is 0 Å². The van der Waals surface area contributed by atoms with Gasteiger partial charge in [-0.2, -0.15) is 0 Å². The van der Waals surface area contributed by atoms with Crippen LogP contribution < -0.4 is 0 Å². The first-order chi connectivity index (χ1) is 36.7. The van der Waals surface area contributed by atoms with Crippen molar-refractivity contribution in [2.75, 3.05) is 0 Å². The van der Waals surface area contributed by atoms with Gasteiger partial charge in [-0.3, -0.25) is 9.97 Å². The van der Waals surface area contributed by atoms with Crippen LogP contribution in [0.4, 0.5) is 0 Å². The Balaban J connectivity index is 0.856. The maximum atomic E-state index is 5.03. The number of para-hydroxylation sites is 2. The van der Waals surface area contributed by atoms with E-state index in [9.17, 15) is 0 Å². The molecule has 0 radical (unpaired) electrons. The van der Waals surface area contributed by atoms with Crippen LogP contribution in [0.2, 0.25) is 0 Å². The fourth-order valence-electron chi connectivity index (χ4n) is 10.1. The summed E-state index contributed by atoms with van der Waals surface area (Å²) in [4.78, 5) is 38.6. The van der Waals surface area contributed by atoms with Gasteiger partial charge in [-0.05, 0) is 96.1 Å². The topological polar surface area (TPSA) is 113 Å². The minimum atomic E-state index is 0.568. The summed E-state index contributed by atoms with van der Waals surface area (Å²) >= 11 is 0. The van der Waals surface area contributed by atoms with E-state index in [4.69, 9.17) is 29.9 Å². The molecule has 0 atom stereocenters. The molecule has 0 fully saturated rings. The third-order valence-corrected chi connectivity index (χ3v) is 13.6. The van der Waals surface area contributed by atoms with Crippen LogP contribution in [-0.4, -0.2) is 49.0 Å². The van der Waals surface area contributed by atoms with Crippen molar-refractivity contribution < 1.29 is 0 Å². The maximum Gasteiger partial charge on any atom is 0.165 e. The van der Waals surface area contributed by atoms with Crippen molar-refractivity contribution in [1.82, 2.24) is 49.0 Å². The lowest BCUT2D eigenvalue weighted by Crippen LogP contribution is -2.01. The van der Waals surface area contributed by atoms with Gasteiger partial charge in [-0.25, -0.2) is 29.9 Å². The summed E-state index contributed by atoms with van der Waals surface area (Å²) in [6, 6.07) is 75.6. The summed E-state index contributed by atoms with van der Waals surface area (Å²) in [5.74, 6) is 3.51. The molecule has 346 valence electrons. The smallest absolute Gasteiger partial charge is 0.165 e. The molecule has 6 heterocycles. The number of pyridine rings is 2. The lowest BCUT2D eigenvalue weighted by Gasteiger charge is -2.12. The highest BCUT2D eigenvalue weighted by Gasteiger charge is 2.20. The van der Waals surface area contributed by atoms with Crippen LogP contribution in [0.25, 0.3) is 134 Å². The quantitative estimate of drug-likeness (QED) is 0.141. The first-order valence-electron chi connectivity index (χ1n) is 24.4. The van der Waals surface area contributed by atoms with Crippen molar-refractivity contribution in [1.29, 1.82) is 0 Å². The number of nitrogens with zero attached hydrogens (tertiary/aromatic N) is 10. The SMILES string of the molecule is c1ccc(-c2nc(-c3cccnc3)nc(-c3cccc(-n4c5ccccc5c5cc(-c6ccc7c(c6)c6ccccc6n7-c6cccc(-c7nc(-c8ccccc8)nc(-c8cccnc8)n7)c6)ccc54)c3)n2)cc1. The molecule has 0 bridgehead atoms. The highest BCUT2D eigenvalue weighted by atomic mass is 15.1. The van der Waals surface area contributed by atoms with E-state index >= 15 is 0 Å². The van der Waals surface area contributed by atoms with Crippen LogP contribution in [0.15, 0.2) is 243 Å². The summed E-state index contributed by atoms with van der Waals surface area (Å²) in [6.07, 6.45) is 7.08. The summed E-state index contributed by atoms with van der Waals surface area (Å²) in [5.41, 5.74) is 13.9. The zero-order valence-corrected chi connectivity index (χ0v) is 39.6. The molecule has 0 saturated heterocycles. The summed E-state index contributed by atoms with van der Waals surface area (Å²) in [6.45, 7) is 0. The number of hydrogen-bond acceptors (Lipinski definition) is 8. The van der Waals surface area contributed by atoms with Crippen molar-refractivity contribution >= 4 is 43.6 Å². The second-order valence-corrected chi connectivity index (χ2v) is 18.1. The van der Waals surface area contributed by atoms with E-state index < -0.39 is 0 Å². The normalized spacial score (nSPS) is 11.5. The lowest BCUT2D eigenvalue weighted by atomic mass is 10.0. The second kappa shape index (κ2) is 17.8. The number of aromatic nitrogens is 10. The number of benzene rings is 8. The van der Waals surface area contributed by atoms with E-state index in [1.165, 1.54) is 10.8 Å². The first kappa shape index (κ1) is 42.5. The summed E-state index contributed by atoms with van der Waals surface area (Å²) < 4.78 is 4.67. The average molecular weight is 949 g/mol. The number of hydrogen-bond donors (Lipinski definition) is 0. The molecule has 0 amide bonds. The molecular formula is C64H40N10. The van der Waals surface area contributed by atoms with Gasteiger partial charge in [0.2, 0.25) is 0 Å². The van der Waals surface area contributed by atoms with Crippen LogP contribution >= 0.6 is 0 Å². The lowest BCUT2D eigenvalue weighted by molar-refractivity contribution is 1.07. The highest BCUT2D eigenvalue weighted by molar-refractivity contribution is 6.12. The van der Waals surface area contributed by atoms with E-state index in [0.29, 0.717) is 34.9 Å². The Kier molecular flexibility index (Phi) is 10.2. The van der Waals surface area contributed by atoms with Crippen LogP contribution in [0.5, 0.6) is 0 Å². The molecule has 0 aliphatic heterocycles. The maximum absolute atomic E-state index is 5.03. The Bertz CT molecular complexity index is 4020. The molecule has 10 heteroatoms. The van der Waals surface area contributed by atoms with E-state index in [1.54, 1.807) is 24.8 Å². The molecule has 0 aliphatic rings. The van der Waals surface area contributed by atoms with Gasteiger partial charge in [0.15, 0.2) is 34.9 Å². The van der Waals surface area contributed by atoms with Crippen molar-refractivity contribution in [3.63, 3.8) is 0 Å². The fourth-order valence-corrected chi connectivity index (χ4v) is 10.1. The number of fused-ring (bicyclic) bond motifs is 6. The van der Waals surface area contributed by atoms with Crippen LogP contribution in [0.1, 0.15) is 0 Å². The monoisotopic (exact) mass is 948 g/mol. The van der Waals surface area contributed by atoms with Crippen LogP contribution in [-0.2, 0) is 0 Å². The molecule has 8 aromatic carbocycles. The van der Waals surface area contributed by atoms with Gasteiger partial charge in [0.25, 0.3) is 0 Å². The van der Waals surface area contributed by atoms with Crippen molar-refractivity contribution in [3.05, 3.63) is 243 Å². The van der Waals surface area contributed by atoms with Gasteiger partial charge in [0, 0.05) is 91.1 Å². The summed E-state index contributed by atoms with van der Waals surface area (Å²) in [7, 11) is 0. The molecule has 0 saturated carbocycles. The minimum absolute atomic E-state index is 0.568. The molecule has 0 aliphatic carbocycles. The Morgan fingerprint density at radius 3 is 1.00 bits per heavy atom. The standard InChI is InChI=1S/C64H40N10/c1-3-15-41(16-4-1)59-67-61(71-63(69-59)47-21-13-33-65-39-47)45-19-11-23-49(35-45)73-55-27-9-7-25-51(55)53-37-43(29-31-57(53)73)44-30-32-58-54(38-44)52-26-8-10-28-56(52)74(58)50-24-12-20-46(36-50)62-68-60(42-17-5-2-6-18-42)70-64(72-62)48-22-14-34-66-40-48/h1-40H. The highest BCUT2D eigenvalue weighted by Crippen LogP contribution is 2.39. The summed E-state index contributed by atoms with van der Waals surface area (Å²) in [5, 5.41) is 4.65. The van der Waals surface area contributed by atoms with Crippen molar-refractivity contribution in [3.8, 4) is 90.8 Å². The van der Waals surface area contributed by atoms with Crippen LogP contribution in [0.3, 0.4) is 0 Å². The third kappa shape index (κ3) is 7.53. The predicted octanol–water partition coefficient (Wildman–Crippen LogP) is 14.7. The van der Waals surface area contributed by atoms with Crippen molar-refractivity contribution in [2.45, 2.75) is 0 Å². The first-order valence-corrected chi connectivity index (χ1v) is 24.4. The van der Waals surface area contributed by atoms with Gasteiger partial charge in [0.1, 0.15) is 0 Å². The molecule has 14 rings (SSSR count). The molecular weight excluding hydrogens is 909 g/mol.